The number of amides is 1. The number of piperazine rings is 1. The Balaban J connectivity index is 1.30. The molecule has 0 spiro atoms. The Kier molecular flexibility index (Phi) is 15.9. The van der Waals surface area contributed by atoms with Crippen LogP contribution in [0.3, 0.4) is 0 Å². The number of halogens is 2. The molecule has 0 N–H and O–H groups in total. The zero-order chi connectivity index (χ0) is 35.2. The van der Waals surface area contributed by atoms with E-state index in [2.05, 4.69) is 16.7 Å². The van der Waals surface area contributed by atoms with Gasteiger partial charge in [0.15, 0.2) is 6.23 Å². The lowest BCUT2D eigenvalue weighted by molar-refractivity contribution is 0.00308. The van der Waals surface area contributed by atoms with Gasteiger partial charge in [0.2, 0.25) is 0 Å². The van der Waals surface area contributed by atoms with E-state index in [0.29, 0.717) is 41.0 Å². The zero-order valence-electron chi connectivity index (χ0n) is 30.0. The molecule has 2 aromatic carbocycles. The summed E-state index contributed by atoms with van der Waals surface area (Å²) in [4.78, 5) is 33.2. The number of carbonyl (C=O) groups is 1. The van der Waals surface area contributed by atoms with Crippen molar-refractivity contribution in [1.29, 1.82) is 0 Å². The Labute approximate surface area is 303 Å². The highest BCUT2D eigenvalue weighted by Gasteiger charge is 2.26. The molecule has 10 heteroatoms. The molecule has 0 bridgehead atoms. The number of ether oxygens (including phenoxy) is 2. The largest absolute Gasteiger partial charge is 0.494 e. The predicted octanol–water partition coefficient (Wildman–Crippen LogP) is 9.65. The highest BCUT2D eigenvalue weighted by molar-refractivity contribution is 6.43. The van der Waals surface area contributed by atoms with Crippen molar-refractivity contribution in [3.63, 3.8) is 0 Å². The van der Waals surface area contributed by atoms with Crippen LogP contribution in [0.5, 0.6) is 5.75 Å². The number of pyridine rings is 1. The highest BCUT2D eigenvalue weighted by atomic mass is 35.5. The van der Waals surface area contributed by atoms with Gasteiger partial charge in [0, 0.05) is 57.3 Å². The van der Waals surface area contributed by atoms with Gasteiger partial charge in [0.1, 0.15) is 5.75 Å². The molecule has 8 nitrogen and oxygen atoms in total. The summed E-state index contributed by atoms with van der Waals surface area (Å²) in [5.74, 6) is 0.584. The molecule has 1 aliphatic heterocycles. The molecule has 1 amide bonds. The number of anilines is 1. The van der Waals surface area contributed by atoms with Crippen LogP contribution in [0, 0.1) is 5.92 Å². The minimum atomic E-state index is -0.739. The van der Waals surface area contributed by atoms with Gasteiger partial charge in [-0.15, -0.1) is 0 Å². The minimum Gasteiger partial charge on any atom is -0.494 e. The first-order valence-electron chi connectivity index (χ1n) is 18.4. The molecule has 0 saturated carbocycles. The van der Waals surface area contributed by atoms with Crippen LogP contribution >= 0.6 is 23.2 Å². The normalized spacial score (nSPS) is 14.4. The first kappa shape index (κ1) is 38.9. The SMILES string of the molecule is CCCCCCCCCN(CC)C(=O)OC(C(C)C)n1c(=O)ccc2ccc(OCCCCN3CCN(c4cccc(Cl)c4Cl)CC3)cc21. The monoisotopic (exact) mass is 714 g/mol. The number of rotatable bonds is 19. The molecule has 4 rings (SSSR count). The second kappa shape index (κ2) is 20.0. The van der Waals surface area contributed by atoms with Crippen molar-refractivity contribution in [3.05, 3.63) is 68.9 Å². The van der Waals surface area contributed by atoms with Crippen LogP contribution in [0.15, 0.2) is 53.3 Å². The van der Waals surface area contributed by atoms with Crippen LogP contribution in [0.25, 0.3) is 10.9 Å². The quantitative estimate of drug-likeness (QED) is 0.115. The van der Waals surface area contributed by atoms with Crippen molar-refractivity contribution in [2.75, 3.05) is 57.3 Å². The lowest BCUT2D eigenvalue weighted by Crippen LogP contribution is -2.46. The molecule has 1 unspecified atom stereocenters. The van der Waals surface area contributed by atoms with Crippen LogP contribution in [0.4, 0.5) is 10.5 Å². The van der Waals surface area contributed by atoms with Crippen LogP contribution in [-0.4, -0.2) is 72.9 Å². The summed E-state index contributed by atoms with van der Waals surface area (Å²) in [6.45, 7) is 14.7. The van der Waals surface area contributed by atoms with Crippen LogP contribution in [0.1, 0.15) is 91.7 Å². The summed E-state index contributed by atoms with van der Waals surface area (Å²) in [6.07, 6.45) is 9.11. The van der Waals surface area contributed by atoms with E-state index in [1.165, 1.54) is 32.1 Å². The smallest absolute Gasteiger partial charge is 0.411 e. The van der Waals surface area contributed by atoms with Crippen molar-refractivity contribution in [3.8, 4) is 5.75 Å². The van der Waals surface area contributed by atoms with E-state index >= 15 is 0 Å². The summed E-state index contributed by atoms with van der Waals surface area (Å²) in [5, 5.41) is 2.10. The van der Waals surface area contributed by atoms with E-state index in [4.69, 9.17) is 32.7 Å². The van der Waals surface area contributed by atoms with E-state index in [9.17, 15) is 9.59 Å². The third-order valence-electron chi connectivity index (χ3n) is 9.40. The zero-order valence-corrected chi connectivity index (χ0v) is 31.5. The third-order valence-corrected chi connectivity index (χ3v) is 10.2. The molecule has 1 aliphatic rings. The topological polar surface area (TPSA) is 67.2 Å². The van der Waals surface area contributed by atoms with Crippen LogP contribution < -0.4 is 15.2 Å². The molecule has 0 aliphatic carbocycles. The van der Waals surface area contributed by atoms with E-state index in [-0.39, 0.29) is 17.6 Å². The molecule has 1 fully saturated rings. The van der Waals surface area contributed by atoms with Crippen molar-refractivity contribution >= 4 is 45.9 Å². The standard InChI is InChI=1S/C39H56Cl2N4O4/c1-5-7-8-9-10-11-12-23-43(6-2)39(47)49-38(30(3)4)45-35-29-32(20-18-31(35)19-21-36(45)46)48-28-14-13-22-42-24-26-44(27-25-42)34-17-15-16-33(40)37(34)41/h15-21,29-30,38H,5-14,22-28H2,1-4H3. The number of hydrogen-bond donors (Lipinski definition) is 0. The lowest BCUT2D eigenvalue weighted by Gasteiger charge is -2.36. The maximum atomic E-state index is 13.4. The van der Waals surface area contributed by atoms with Gasteiger partial charge in [-0.2, -0.15) is 0 Å². The molecule has 1 saturated heterocycles. The third kappa shape index (κ3) is 11.3. The second-order valence-corrected chi connectivity index (χ2v) is 14.2. The summed E-state index contributed by atoms with van der Waals surface area (Å²) >= 11 is 12.7. The Morgan fingerprint density at radius 3 is 2.31 bits per heavy atom. The summed E-state index contributed by atoms with van der Waals surface area (Å²) in [6, 6.07) is 15.0. The van der Waals surface area contributed by atoms with Gasteiger partial charge in [0.05, 0.1) is 27.9 Å². The molecular formula is C39H56Cl2N4O4. The number of benzene rings is 2. The molecule has 1 atom stereocenters. The van der Waals surface area contributed by atoms with Crippen molar-refractivity contribution in [2.45, 2.75) is 91.7 Å². The lowest BCUT2D eigenvalue weighted by atomic mass is 10.1. The predicted molar refractivity (Wildman–Crippen MR) is 204 cm³/mol. The first-order chi connectivity index (χ1) is 23.7. The van der Waals surface area contributed by atoms with Gasteiger partial charge in [-0.1, -0.05) is 88.6 Å². The number of nitrogens with zero attached hydrogens (tertiary/aromatic N) is 4. The second-order valence-electron chi connectivity index (χ2n) is 13.4. The van der Waals surface area contributed by atoms with Crippen molar-refractivity contribution < 1.29 is 14.3 Å². The van der Waals surface area contributed by atoms with Crippen LogP contribution in [-0.2, 0) is 4.74 Å². The summed E-state index contributed by atoms with van der Waals surface area (Å²) in [5.41, 5.74) is 1.50. The summed E-state index contributed by atoms with van der Waals surface area (Å²) in [7, 11) is 0. The fourth-order valence-electron chi connectivity index (χ4n) is 6.46. The molecule has 2 heterocycles. The van der Waals surface area contributed by atoms with Gasteiger partial charge in [-0.3, -0.25) is 14.3 Å². The van der Waals surface area contributed by atoms with Gasteiger partial charge in [-0.05, 0) is 68.4 Å². The Morgan fingerprint density at radius 2 is 1.59 bits per heavy atom. The van der Waals surface area contributed by atoms with Crippen molar-refractivity contribution in [2.24, 2.45) is 5.92 Å². The number of fused-ring (bicyclic) bond motifs is 1. The Morgan fingerprint density at radius 1 is 0.878 bits per heavy atom. The molecule has 49 heavy (non-hydrogen) atoms. The number of unbranched alkanes of at least 4 members (excludes halogenated alkanes) is 7. The average Bonchev–Trinajstić information content (AvgIpc) is 3.10. The molecule has 1 aromatic heterocycles. The number of hydrogen-bond acceptors (Lipinski definition) is 6. The average molecular weight is 716 g/mol. The van der Waals surface area contributed by atoms with E-state index in [1.807, 2.05) is 63.2 Å². The van der Waals surface area contributed by atoms with E-state index in [0.717, 1.165) is 69.5 Å². The van der Waals surface area contributed by atoms with Gasteiger partial charge in [0.25, 0.3) is 5.56 Å². The molecule has 3 aromatic rings. The fourth-order valence-corrected chi connectivity index (χ4v) is 6.88. The highest BCUT2D eigenvalue weighted by Crippen LogP contribution is 2.33. The summed E-state index contributed by atoms with van der Waals surface area (Å²) < 4.78 is 13.9. The molecule has 270 valence electrons. The van der Waals surface area contributed by atoms with E-state index in [1.54, 1.807) is 15.5 Å². The first-order valence-corrected chi connectivity index (χ1v) is 19.1. The molecule has 0 radical (unpaired) electrons. The van der Waals surface area contributed by atoms with Gasteiger partial charge < -0.3 is 19.3 Å². The maximum absolute atomic E-state index is 13.4. The minimum absolute atomic E-state index is 0.113. The van der Waals surface area contributed by atoms with Crippen LogP contribution in [0.2, 0.25) is 10.0 Å². The number of carbonyl (C=O) groups excluding carboxylic acids is 1. The van der Waals surface area contributed by atoms with Gasteiger partial charge in [-0.25, -0.2) is 4.79 Å². The fraction of sp³-hybridized carbons (Fsp3) is 0.590. The van der Waals surface area contributed by atoms with E-state index < -0.39 is 6.23 Å². The maximum Gasteiger partial charge on any atom is 0.411 e. The van der Waals surface area contributed by atoms with Gasteiger partial charge >= 0.3 is 6.09 Å². The van der Waals surface area contributed by atoms with Crippen molar-refractivity contribution in [1.82, 2.24) is 14.4 Å². The molecular weight excluding hydrogens is 659 g/mol. The Hall–Kier alpha value is -2.94. The Bertz CT molecular complexity index is 1520. The number of aromatic nitrogens is 1.